The molecule has 2 N–H and O–H groups in total. The fourth-order valence-corrected chi connectivity index (χ4v) is 2.09. The molecule has 1 aromatic carbocycles. The van der Waals surface area contributed by atoms with Crippen molar-refractivity contribution in [2.75, 3.05) is 13.1 Å². The zero-order valence-electron chi connectivity index (χ0n) is 12.2. The van der Waals surface area contributed by atoms with Crippen LogP contribution in [-0.4, -0.2) is 28.0 Å². The maximum Gasteiger partial charge on any atom is 0.0914 e. The van der Waals surface area contributed by atoms with Crippen LogP contribution < -0.4 is 5.32 Å². The molecule has 4 nitrogen and oxygen atoms in total. The number of hydrogen-bond acceptors (Lipinski definition) is 3. The SMILES string of the molecule is CC(C)c1ccc(C(O)CNCCn2cccn2)cc1. The largest absolute Gasteiger partial charge is 0.387 e. The molecule has 2 rings (SSSR count). The van der Waals surface area contributed by atoms with Crippen LogP contribution in [0.3, 0.4) is 0 Å². The standard InChI is InChI=1S/C16H23N3O/c1-13(2)14-4-6-15(7-5-14)16(20)12-17-9-11-19-10-3-8-18-19/h3-8,10,13,16-17,20H,9,11-12H2,1-2H3. The fourth-order valence-electron chi connectivity index (χ4n) is 2.09. The van der Waals surface area contributed by atoms with E-state index in [0.717, 1.165) is 18.7 Å². The lowest BCUT2D eigenvalue weighted by Crippen LogP contribution is -2.25. The van der Waals surface area contributed by atoms with E-state index in [1.807, 2.05) is 29.1 Å². The number of hydrogen-bond donors (Lipinski definition) is 2. The fraction of sp³-hybridized carbons (Fsp3) is 0.438. The number of nitrogens with zero attached hydrogens (tertiary/aromatic N) is 2. The first-order valence-electron chi connectivity index (χ1n) is 7.13. The molecular formula is C16H23N3O. The summed E-state index contributed by atoms with van der Waals surface area (Å²) in [7, 11) is 0. The highest BCUT2D eigenvalue weighted by atomic mass is 16.3. The topological polar surface area (TPSA) is 50.1 Å². The van der Waals surface area contributed by atoms with Gasteiger partial charge in [0, 0.05) is 25.5 Å². The van der Waals surface area contributed by atoms with Gasteiger partial charge in [0.15, 0.2) is 0 Å². The molecule has 0 spiro atoms. The molecule has 0 fully saturated rings. The van der Waals surface area contributed by atoms with E-state index in [9.17, 15) is 5.11 Å². The summed E-state index contributed by atoms with van der Waals surface area (Å²) < 4.78 is 1.87. The molecule has 0 saturated carbocycles. The normalized spacial score (nSPS) is 12.8. The van der Waals surface area contributed by atoms with E-state index in [0.29, 0.717) is 12.5 Å². The minimum atomic E-state index is -0.464. The van der Waals surface area contributed by atoms with Gasteiger partial charge in [-0.2, -0.15) is 5.10 Å². The molecule has 1 unspecified atom stereocenters. The zero-order valence-corrected chi connectivity index (χ0v) is 12.2. The van der Waals surface area contributed by atoms with Gasteiger partial charge in [0.05, 0.1) is 12.6 Å². The second kappa shape index (κ2) is 7.22. The van der Waals surface area contributed by atoms with Crippen molar-refractivity contribution in [2.45, 2.75) is 32.4 Å². The highest BCUT2D eigenvalue weighted by molar-refractivity contribution is 5.26. The maximum atomic E-state index is 10.1. The summed E-state index contributed by atoms with van der Waals surface area (Å²) in [4.78, 5) is 0. The van der Waals surface area contributed by atoms with Crippen LogP contribution in [0, 0.1) is 0 Å². The molecule has 0 aliphatic heterocycles. The lowest BCUT2D eigenvalue weighted by atomic mass is 10.00. The van der Waals surface area contributed by atoms with Crippen LogP contribution in [0.25, 0.3) is 0 Å². The number of aliphatic hydroxyl groups excluding tert-OH is 1. The van der Waals surface area contributed by atoms with E-state index in [4.69, 9.17) is 0 Å². The third kappa shape index (κ3) is 4.18. The van der Waals surface area contributed by atoms with Gasteiger partial charge in [-0.1, -0.05) is 38.1 Å². The van der Waals surface area contributed by atoms with Crippen molar-refractivity contribution in [3.05, 3.63) is 53.9 Å². The molecule has 0 bridgehead atoms. The first kappa shape index (κ1) is 14.8. The monoisotopic (exact) mass is 273 g/mol. The minimum absolute atomic E-state index is 0.464. The van der Waals surface area contributed by atoms with Crippen LogP contribution in [0.1, 0.15) is 37.0 Å². The second-order valence-electron chi connectivity index (χ2n) is 5.31. The molecule has 0 aliphatic rings. The number of rotatable bonds is 7. The van der Waals surface area contributed by atoms with Crippen molar-refractivity contribution in [2.24, 2.45) is 0 Å². The molecule has 0 amide bonds. The van der Waals surface area contributed by atoms with Crippen LogP contribution >= 0.6 is 0 Å². The van der Waals surface area contributed by atoms with Gasteiger partial charge in [-0.25, -0.2) is 0 Å². The van der Waals surface area contributed by atoms with Crippen molar-refractivity contribution in [1.29, 1.82) is 0 Å². The van der Waals surface area contributed by atoms with E-state index in [1.165, 1.54) is 5.56 Å². The molecule has 4 heteroatoms. The van der Waals surface area contributed by atoms with Crippen LogP contribution in [-0.2, 0) is 6.54 Å². The van der Waals surface area contributed by atoms with Crippen LogP contribution in [0.4, 0.5) is 0 Å². The Kier molecular flexibility index (Phi) is 5.32. The molecule has 20 heavy (non-hydrogen) atoms. The quantitative estimate of drug-likeness (QED) is 0.761. The Morgan fingerprint density at radius 1 is 1.20 bits per heavy atom. The summed E-state index contributed by atoms with van der Waals surface area (Å²) in [5, 5.41) is 17.5. The molecule has 1 aromatic heterocycles. The zero-order chi connectivity index (χ0) is 14.4. The third-order valence-corrected chi connectivity index (χ3v) is 3.40. The lowest BCUT2D eigenvalue weighted by molar-refractivity contribution is 0.174. The van der Waals surface area contributed by atoms with Crippen molar-refractivity contribution in [3.8, 4) is 0 Å². The summed E-state index contributed by atoms with van der Waals surface area (Å²) >= 11 is 0. The average molecular weight is 273 g/mol. The van der Waals surface area contributed by atoms with Crippen LogP contribution in [0.15, 0.2) is 42.7 Å². The smallest absolute Gasteiger partial charge is 0.0914 e. The Morgan fingerprint density at radius 3 is 2.50 bits per heavy atom. The molecule has 0 radical (unpaired) electrons. The summed E-state index contributed by atoms with van der Waals surface area (Å²) in [6.07, 6.45) is 3.24. The van der Waals surface area contributed by atoms with Gasteiger partial charge in [0.25, 0.3) is 0 Å². The van der Waals surface area contributed by atoms with Gasteiger partial charge in [0.1, 0.15) is 0 Å². The highest BCUT2D eigenvalue weighted by Crippen LogP contribution is 2.18. The van der Waals surface area contributed by atoms with Gasteiger partial charge >= 0.3 is 0 Å². The number of aliphatic hydroxyl groups is 1. The lowest BCUT2D eigenvalue weighted by Gasteiger charge is -2.13. The molecule has 0 saturated heterocycles. The Labute approximate surface area is 120 Å². The molecule has 2 aromatic rings. The summed E-state index contributed by atoms with van der Waals surface area (Å²) in [6, 6.07) is 10.1. The second-order valence-corrected chi connectivity index (χ2v) is 5.31. The summed E-state index contributed by atoms with van der Waals surface area (Å²) in [5.74, 6) is 0.522. The Bertz CT molecular complexity index is 491. The van der Waals surface area contributed by atoms with Gasteiger partial charge < -0.3 is 10.4 Å². The van der Waals surface area contributed by atoms with Crippen molar-refractivity contribution < 1.29 is 5.11 Å². The van der Waals surface area contributed by atoms with Crippen LogP contribution in [0.2, 0.25) is 0 Å². The molecular weight excluding hydrogens is 250 g/mol. The average Bonchev–Trinajstić information content (AvgIpc) is 2.96. The first-order valence-corrected chi connectivity index (χ1v) is 7.13. The molecule has 1 heterocycles. The van der Waals surface area contributed by atoms with Crippen LogP contribution in [0.5, 0.6) is 0 Å². The number of aromatic nitrogens is 2. The first-order chi connectivity index (χ1) is 9.66. The van der Waals surface area contributed by atoms with Gasteiger partial charge in [0.2, 0.25) is 0 Å². The Balaban J connectivity index is 1.75. The summed E-state index contributed by atoms with van der Waals surface area (Å²) in [6.45, 7) is 6.50. The van der Waals surface area contributed by atoms with E-state index < -0.39 is 6.10 Å². The van der Waals surface area contributed by atoms with Crippen molar-refractivity contribution >= 4 is 0 Å². The Morgan fingerprint density at radius 2 is 1.90 bits per heavy atom. The van der Waals surface area contributed by atoms with E-state index in [-0.39, 0.29) is 0 Å². The van der Waals surface area contributed by atoms with E-state index in [2.05, 4.69) is 36.4 Å². The number of benzene rings is 1. The molecule has 108 valence electrons. The molecule has 0 aliphatic carbocycles. The van der Waals surface area contributed by atoms with Gasteiger partial charge in [-0.3, -0.25) is 4.68 Å². The predicted molar refractivity (Wildman–Crippen MR) is 80.6 cm³/mol. The maximum absolute atomic E-state index is 10.1. The Hall–Kier alpha value is -1.65. The van der Waals surface area contributed by atoms with E-state index >= 15 is 0 Å². The summed E-state index contributed by atoms with van der Waals surface area (Å²) in [5.41, 5.74) is 2.26. The van der Waals surface area contributed by atoms with Gasteiger partial charge in [-0.15, -0.1) is 0 Å². The minimum Gasteiger partial charge on any atom is -0.387 e. The van der Waals surface area contributed by atoms with Gasteiger partial charge in [-0.05, 0) is 23.1 Å². The third-order valence-electron chi connectivity index (χ3n) is 3.40. The highest BCUT2D eigenvalue weighted by Gasteiger charge is 2.07. The van der Waals surface area contributed by atoms with Crippen molar-refractivity contribution in [3.63, 3.8) is 0 Å². The molecule has 1 atom stereocenters. The number of nitrogens with one attached hydrogen (secondary N) is 1. The van der Waals surface area contributed by atoms with Crippen molar-refractivity contribution in [1.82, 2.24) is 15.1 Å². The predicted octanol–water partition coefficient (Wildman–Crippen LogP) is 2.33. The van der Waals surface area contributed by atoms with E-state index in [1.54, 1.807) is 6.20 Å².